The van der Waals surface area contributed by atoms with Gasteiger partial charge in [-0.05, 0) is 41.5 Å². The average molecular weight is 506 g/mol. The smallest absolute Gasteiger partial charge is 0.407 e. The molecule has 9 nitrogen and oxygen atoms in total. The Labute approximate surface area is 217 Å². The highest BCUT2D eigenvalue weighted by molar-refractivity contribution is 5.84. The van der Waals surface area contributed by atoms with E-state index in [-0.39, 0.29) is 30.8 Å². The molecule has 0 spiro atoms. The first kappa shape index (κ1) is 26.5. The number of amides is 1. The fraction of sp³-hybridized carbons (Fsp3) is 0.429. The molecule has 1 aliphatic rings. The van der Waals surface area contributed by atoms with E-state index < -0.39 is 18.2 Å². The van der Waals surface area contributed by atoms with E-state index in [0.717, 1.165) is 0 Å². The van der Waals surface area contributed by atoms with Gasteiger partial charge in [-0.25, -0.2) is 4.79 Å². The lowest BCUT2D eigenvalue weighted by molar-refractivity contribution is -0.125. The first-order chi connectivity index (χ1) is 17.9. The van der Waals surface area contributed by atoms with Crippen molar-refractivity contribution in [1.29, 1.82) is 0 Å². The summed E-state index contributed by atoms with van der Waals surface area (Å²) in [6.45, 7) is 4.12. The van der Waals surface area contributed by atoms with Crippen molar-refractivity contribution in [2.24, 2.45) is 11.7 Å². The van der Waals surface area contributed by atoms with Gasteiger partial charge in [-0.15, -0.1) is 10.2 Å². The third-order valence-corrected chi connectivity index (χ3v) is 6.88. The maximum atomic E-state index is 12.9. The Hall–Kier alpha value is -3.56. The summed E-state index contributed by atoms with van der Waals surface area (Å²) in [6, 6.07) is 15.3. The van der Waals surface area contributed by atoms with Gasteiger partial charge in [0.25, 0.3) is 0 Å². The van der Waals surface area contributed by atoms with Gasteiger partial charge in [-0.2, -0.15) is 0 Å². The number of nitrogens with zero attached hydrogens (tertiary/aromatic N) is 3. The number of unbranched alkanes of at least 4 members (excludes halogenated alkanes) is 1. The zero-order valence-electron chi connectivity index (χ0n) is 21.3. The van der Waals surface area contributed by atoms with Crippen LogP contribution in [0.15, 0.2) is 54.9 Å². The highest BCUT2D eigenvalue weighted by atomic mass is 16.5. The van der Waals surface area contributed by atoms with Crippen LogP contribution in [0.4, 0.5) is 4.79 Å². The lowest BCUT2D eigenvalue weighted by Gasteiger charge is -2.22. The molecule has 0 bridgehead atoms. The molecule has 0 fully saturated rings. The minimum Gasteiger partial charge on any atom is -0.449 e. The molecule has 1 amide bonds. The van der Waals surface area contributed by atoms with E-state index in [1.807, 2.05) is 38.1 Å². The molecular formula is C28H35N5O4. The molecule has 9 heteroatoms. The van der Waals surface area contributed by atoms with Crippen LogP contribution in [0, 0.1) is 5.92 Å². The summed E-state index contributed by atoms with van der Waals surface area (Å²) in [5.41, 5.74) is 10.7. The van der Waals surface area contributed by atoms with Crippen LogP contribution in [0.1, 0.15) is 68.1 Å². The molecule has 4 N–H and O–H groups in total. The normalized spacial score (nSPS) is 14.2. The van der Waals surface area contributed by atoms with Crippen molar-refractivity contribution in [2.45, 2.75) is 51.1 Å². The van der Waals surface area contributed by atoms with E-state index in [2.05, 4.69) is 39.8 Å². The summed E-state index contributed by atoms with van der Waals surface area (Å²) in [5, 5.41) is 20.1. The summed E-state index contributed by atoms with van der Waals surface area (Å²) < 4.78 is 7.26. The van der Waals surface area contributed by atoms with Crippen molar-refractivity contribution in [2.75, 3.05) is 19.8 Å². The molecule has 0 aliphatic heterocycles. The number of Topliss-reactive ketones (excluding diaryl/α,β-unsaturated/α-hetero) is 1. The number of hydrogen-bond donors (Lipinski definition) is 3. The molecule has 37 heavy (non-hydrogen) atoms. The number of ketones is 1. The third-order valence-electron chi connectivity index (χ3n) is 6.88. The van der Waals surface area contributed by atoms with Crippen molar-refractivity contribution < 1.29 is 19.4 Å². The zero-order valence-corrected chi connectivity index (χ0v) is 21.3. The van der Waals surface area contributed by atoms with E-state index in [1.54, 1.807) is 4.57 Å². The highest BCUT2D eigenvalue weighted by Crippen LogP contribution is 2.44. The molecule has 0 saturated carbocycles. The number of aliphatic hydroxyl groups is 1. The number of rotatable bonds is 12. The SMILES string of the molecule is CC(C)C(=O)[C@H](CCCCNC(=O)OCC1c2ccccc2-c2ccccc21)n1cnnc1[C@@H](N)CO. The molecule has 0 radical (unpaired) electrons. The quantitative estimate of drug-likeness (QED) is 0.319. The van der Waals surface area contributed by atoms with Gasteiger partial charge in [-0.1, -0.05) is 62.4 Å². The number of fused-ring (bicyclic) bond motifs is 3. The molecule has 0 unspecified atom stereocenters. The average Bonchev–Trinajstić information content (AvgIpc) is 3.52. The van der Waals surface area contributed by atoms with Crippen LogP contribution in [0.5, 0.6) is 0 Å². The number of alkyl carbamates (subject to hydrolysis) is 1. The number of carbonyl (C=O) groups excluding carboxylic acids is 2. The predicted octanol–water partition coefficient (Wildman–Crippen LogP) is 3.75. The molecule has 3 aromatic rings. The molecule has 1 heterocycles. The molecule has 2 aromatic carbocycles. The van der Waals surface area contributed by atoms with Crippen molar-refractivity contribution in [3.8, 4) is 11.1 Å². The molecule has 0 saturated heterocycles. The van der Waals surface area contributed by atoms with Crippen molar-refractivity contribution in [3.05, 3.63) is 71.8 Å². The minimum absolute atomic E-state index is 0.0178. The third kappa shape index (κ3) is 5.89. The monoisotopic (exact) mass is 505 g/mol. The number of hydrogen-bond acceptors (Lipinski definition) is 7. The summed E-state index contributed by atoms with van der Waals surface area (Å²) >= 11 is 0. The lowest BCUT2D eigenvalue weighted by Crippen LogP contribution is -2.29. The summed E-state index contributed by atoms with van der Waals surface area (Å²) in [5.74, 6) is 0.280. The van der Waals surface area contributed by atoms with Crippen molar-refractivity contribution in [1.82, 2.24) is 20.1 Å². The maximum Gasteiger partial charge on any atom is 0.407 e. The zero-order chi connectivity index (χ0) is 26.4. The Kier molecular flexibility index (Phi) is 8.68. The van der Waals surface area contributed by atoms with Crippen molar-refractivity contribution in [3.63, 3.8) is 0 Å². The molecular weight excluding hydrogens is 470 g/mol. The van der Waals surface area contributed by atoms with Crippen LogP contribution in [-0.2, 0) is 9.53 Å². The Morgan fingerprint density at radius 3 is 2.35 bits per heavy atom. The summed E-state index contributed by atoms with van der Waals surface area (Å²) in [7, 11) is 0. The largest absolute Gasteiger partial charge is 0.449 e. The first-order valence-corrected chi connectivity index (χ1v) is 12.8. The number of ether oxygens (including phenoxy) is 1. The number of nitrogens with one attached hydrogen (secondary N) is 1. The van der Waals surface area contributed by atoms with E-state index in [1.165, 1.54) is 28.6 Å². The standard InChI is InChI=1S/C28H35N5O4/c1-18(2)26(35)25(33-17-31-32-27(33)24(29)15-34)13-7-8-14-30-28(36)37-16-23-21-11-5-3-9-19(21)20-10-4-6-12-22(20)23/h3-6,9-12,17-18,23-25,34H,7-8,13-16,29H2,1-2H3,(H,30,36)/t24-,25-/m0/s1. The molecule has 1 aromatic heterocycles. The summed E-state index contributed by atoms with van der Waals surface area (Å²) in [4.78, 5) is 25.3. The fourth-order valence-electron chi connectivity index (χ4n) is 4.94. The second-order valence-electron chi connectivity index (χ2n) is 9.71. The van der Waals surface area contributed by atoms with E-state index in [0.29, 0.717) is 31.6 Å². The van der Waals surface area contributed by atoms with Crippen LogP contribution in [0.2, 0.25) is 0 Å². The molecule has 4 rings (SSSR count). The number of benzene rings is 2. The van der Waals surface area contributed by atoms with Crippen LogP contribution >= 0.6 is 0 Å². The Morgan fingerprint density at radius 2 is 1.73 bits per heavy atom. The fourth-order valence-corrected chi connectivity index (χ4v) is 4.94. The first-order valence-electron chi connectivity index (χ1n) is 12.8. The number of nitrogens with two attached hydrogens (primary N) is 1. The van der Waals surface area contributed by atoms with Crippen LogP contribution in [0.3, 0.4) is 0 Å². The molecule has 2 atom stereocenters. The van der Waals surface area contributed by atoms with E-state index >= 15 is 0 Å². The number of aromatic nitrogens is 3. The predicted molar refractivity (Wildman–Crippen MR) is 140 cm³/mol. The van der Waals surface area contributed by atoms with Gasteiger partial charge in [-0.3, -0.25) is 4.79 Å². The second kappa shape index (κ2) is 12.1. The molecule has 1 aliphatic carbocycles. The van der Waals surface area contributed by atoms with Crippen LogP contribution in [-0.4, -0.2) is 51.5 Å². The van der Waals surface area contributed by atoms with E-state index in [9.17, 15) is 14.7 Å². The number of aliphatic hydroxyl groups excluding tert-OH is 1. The molecule has 196 valence electrons. The Morgan fingerprint density at radius 1 is 1.08 bits per heavy atom. The van der Waals surface area contributed by atoms with Gasteiger partial charge in [0.15, 0.2) is 11.6 Å². The Bertz CT molecular complexity index is 1180. The van der Waals surface area contributed by atoms with Gasteiger partial charge in [0.1, 0.15) is 12.9 Å². The van der Waals surface area contributed by atoms with Gasteiger partial charge < -0.3 is 25.5 Å². The van der Waals surface area contributed by atoms with Crippen LogP contribution < -0.4 is 11.1 Å². The number of carbonyl (C=O) groups is 2. The minimum atomic E-state index is -0.708. The topological polar surface area (TPSA) is 132 Å². The lowest BCUT2D eigenvalue weighted by atomic mass is 9.96. The maximum absolute atomic E-state index is 12.9. The van der Waals surface area contributed by atoms with Gasteiger partial charge >= 0.3 is 6.09 Å². The van der Waals surface area contributed by atoms with Gasteiger partial charge in [0, 0.05) is 18.4 Å². The highest BCUT2D eigenvalue weighted by Gasteiger charge is 2.29. The van der Waals surface area contributed by atoms with Crippen molar-refractivity contribution >= 4 is 11.9 Å². The second-order valence-corrected chi connectivity index (χ2v) is 9.71. The van der Waals surface area contributed by atoms with Gasteiger partial charge in [0.2, 0.25) is 0 Å². The van der Waals surface area contributed by atoms with Crippen LogP contribution in [0.25, 0.3) is 11.1 Å². The Balaban J connectivity index is 1.27. The van der Waals surface area contributed by atoms with E-state index in [4.69, 9.17) is 10.5 Å². The summed E-state index contributed by atoms with van der Waals surface area (Å²) in [6.07, 6.45) is 2.96. The van der Waals surface area contributed by atoms with Gasteiger partial charge in [0.05, 0.1) is 18.7 Å².